The molecule has 2 fully saturated rings. The smallest absolute Gasteiger partial charge is 0.0950 e. The van der Waals surface area contributed by atoms with Crippen molar-refractivity contribution in [1.82, 2.24) is 9.55 Å². The summed E-state index contributed by atoms with van der Waals surface area (Å²) >= 11 is 0. The molecule has 2 aliphatic carbocycles. The van der Waals surface area contributed by atoms with Gasteiger partial charge in [0, 0.05) is 29.9 Å². The largest absolute Gasteiger partial charge is 0.331 e. The van der Waals surface area contributed by atoms with Crippen molar-refractivity contribution in [3.63, 3.8) is 0 Å². The normalized spacial score (nSPS) is 32.4. The lowest BCUT2D eigenvalue weighted by molar-refractivity contribution is 0.493. The topological polar surface area (TPSA) is 43.8 Å². The predicted molar refractivity (Wildman–Crippen MR) is 55.1 cm³/mol. The van der Waals surface area contributed by atoms with Crippen molar-refractivity contribution in [2.24, 2.45) is 5.73 Å². The van der Waals surface area contributed by atoms with Crippen LogP contribution in [-0.4, -0.2) is 15.6 Å². The maximum absolute atomic E-state index is 5.94. The quantitative estimate of drug-likeness (QED) is 0.774. The van der Waals surface area contributed by atoms with Gasteiger partial charge in [0.1, 0.15) is 0 Å². The van der Waals surface area contributed by atoms with E-state index in [2.05, 4.69) is 9.55 Å². The van der Waals surface area contributed by atoms with Crippen LogP contribution in [0.4, 0.5) is 0 Å². The zero-order valence-corrected chi connectivity index (χ0v) is 8.39. The molecular formula is C11H17N3. The van der Waals surface area contributed by atoms with Crippen LogP contribution < -0.4 is 5.73 Å². The van der Waals surface area contributed by atoms with Gasteiger partial charge in [0.05, 0.1) is 6.33 Å². The van der Waals surface area contributed by atoms with E-state index in [1.54, 1.807) is 0 Å². The van der Waals surface area contributed by atoms with Crippen LogP contribution in [-0.2, 0) is 0 Å². The Balaban J connectivity index is 1.84. The highest BCUT2D eigenvalue weighted by molar-refractivity contribution is 5.14. The zero-order chi connectivity index (χ0) is 9.54. The van der Waals surface area contributed by atoms with E-state index >= 15 is 0 Å². The molecule has 0 aliphatic heterocycles. The van der Waals surface area contributed by atoms with Gasteiger partial charge < -0.3 is 10.3 Å². The second kappa shape index (κ2) is 3.09. The number of rotatable bonds is 2. The summed E-state index contributed by atoms with van der Waals surface area (Å²) < 4.78 is 2.38. The summed E-state index contributed by atoms with van der Waals surface area (Å²) in [4.78, 5) is 4.28. The second-order valence-electron chi connectivity index (χ2n) is 4.73. The van der Waals surface area contributed by atoms with Crippen molar-refractivity contribution in [2.75, 3.05) is 0 Å². The summed E-state index contributed by atoms with van der Waals surface area (Å²) in [5, 5.41) is 0. The molecule has 14 heavy (non-hydrogen) atoms. The van der Waals surface area contributed by atoms with Gasteiger partial charge >= 0.3 is 0 Å². The Morgan fingerprint density at radius 3 is 2.79 bits per heavy atom. The van der Waals surface area contributed by atoms with Gasteiger partial charge in [-0.1, -0.05) is 0 Å². The molecule has 3 nitrogen and oxygen atoms in total. The third-order valence-electron chi connectivity index (χ3n) is 3.53. The van der Waals surface area contributed by atoms with Gasteiger partial charge in [0.25, 0.3) is 0 Å². The van der Waals surface area contributed by atoms with Gasteiger partial charge in [-0.05, 0) is 32.1 Å². The van der Waals surface area contributed by atoms with Crippen molar-refractivity contribution in [3.05, 3.63) is 18.2 Å². The monoisotopic (exact) mass is 191 g/mol. The van der Waals surface area contributed by atoms with E-state index < -0.39 is 0 Å². The minimum absolute atomic E-state index is 0.412. The van der Waals surface area contributed by atoms with Crippen LogP contribution in [0.2, 0.25) is 0 Å². The molecule has 2 N–H and O–H groups in total. The first-order valence-corrected chi connectivity index (χ1v) is 5.62. The fourth-order valence-corrected chi connectivity index (χ4v) is 2.56. The molecule has 1 aromatic heterocycles. The molecule has 2 aliphatic rings. The lowest BCUT2D eigenvalue weighted by Gasteiger charge is -2.14. The summed E-state index contributed by atoms with van der Waals surface area (Å²) in [7, 11) is 0. The van der Waals surface area contributed by atoms with Crippen LogP contribution in [0, 0.1) is 0 Å². The maximum atomic E-state index is 5.94. The molecule has 1 heterocycles. The zero-order valence-electron chi connectivity index (χ0n) is 8.39. The number of hydrogen-bond acceptors (Lipinski definition) is 2. The molecule has 0 aromatic carbocycles. The molecule has 3 heteroatoms. The lowest BCUT2D eigenvalue weighted by Crippen LogP contribution is -2.16. The van der Waals surface area contributed by atoms with E-state index in [1.165, 1.54) is 31.4 Å². The summed E-state index contributed by atoms with van der Waals surface area (Å²) in [6.45, 7) is 0. The van der Waals surface area contributed by atoms with Gasteiger partial charge in [-0.2, -0.15) is 0 Å². The van der Waals surface area contributed by atoms with E-state index in [-0.39, 0.29) is 0 Å². The number of nitrogens with two attached hydrogens (primary N) is 1. The molecule has 1 aromatic rings. The highest BCUT2D eigenvalue weighted by Gasteiger charge is 2.31. The van der Waals surface area contributed by atoms with Gasteiger partial charge in [0.2, 0.25) is 0 Å². The Kier molecular flexibility index (Phi) is 1.87. The van der Waals surface area contributed by atoms with E-state index in [4.69, 9.17) is 5.73 Å². The lowest BCUT2D eigenvalue weighted by atomic mass is 10.2. The van der Waals surface area contributed by atoms with Gasteiger partial charge in [-0.25, -0.2) is 4.98 Å². The molecule has 2 atom stereocenters. The fourth-order valence-electron chi connectivity index (χ4n) is 2.56. The summed E-state index contributed by atoms with van der Waals surface area (Å²) in [6, 6.07) is 1.04. The second-order valence-corrected chi connectivity index (χ2v) is 4.73. The van der Waals surface area contributed by atoms with Gasteiger partial charge in [-0.15, -0.1) is 0 Å². The molecule has 2 unspecified atom stereocenters. The average molecular weight is 191 g/mol. The average Bonchev–Trinajstić information content (AvgIpc) is 2.75. The summed E-state index contributed by atoms with van der Waals surface area (Å²) in [5.41, 5.74) is 7.39. The molecule has 0 amide bonds. The predicted octanol–water partition coefficient (Wildman–Crippen LogP) is 1.81. The summed E-state index contributed by atoms with van der Waals surface area (Å²) in [6.07, 6.45) is 10.3. The first-order valence-electron chi connectivity index (χ1n) is 5.62. The Labute approximate surface area is 84.3 Å². The van der Waals surface area contributed by atoms with Crippen molar-refractivity contribution in [1.29, 1.82) is 0 Å². The molecule has 3 rings (SSSR count). The summed E-state index contributed by atoms with van der Waals surface area (Å²) in [5.74, 6) is 0.800. The molecule has 2 saturated carbocycles. The van der Waals surface area contributed by atoms with Gasteiger partial charge in [-0.3, -0.25) is 0 Å². The minimum Gasteiger partial charge on any atom is -0.331 e. The van der Waals surface area contributed by atoms with Crippen molar-refractivity contribution in [3.8, 4) is 0 Å². The number of imidazole rings is 1. The van der Waals surface area contributed by atoms with E-state index in [0.717, 1.165) is 12.3 Å². The minimum atomic E-state index is 0.412. The third-order valence-corrected chi connectivity index (χ3v) is 3.53. The molecule has 0 bridgehead atoms. The van der Waals surface area contributed by atoms with E-state index in [0.29, 0.717) is 12.1 Å². The third kappa shape index (κ3) is 1.36. The van der Waals surface area contributed by atoms with Crippen LogP contribution in [0.15, 0.2) is 12.5 Å². The van der Waals surface area contributed by atoms with Crippen LogP contribution in [0.3, 0.4) is 0 Å². The van der Waals surface area contributed by atoms with Crippen LogP contribution in [0.1, 0.15) is 49.8 Å². The molecule has 76 valence electrons. The maximum Gasteiger partial charge on any atom is 0.0950 e. The first kappa shape index (κ1) is 8.48. The number of hydrogen-bond donors (Lipinski definition) is 1. The SMILES string of the molecule is NC1CCC(n2cncc2C2CC2)C1. The number of nitrogens with zero attached hydrogens (tertiary/aromatic N) is 2. The van der Waals surface area contributed by atoms with Crippen LogP contribution in [0.5, 0.6) is 0 Å². The van der Waals surface area contributed by atoms with Crippen LogP contribution in [0.25, 0.3) is 0 Å². The standard InChI is InChI=1S/C11H17N3/c12-9-3-4-10(5-9)14-7-13-6-11(14)8-1-2-8/h6-10H,1-5,12H2. The molecular weight excluding hydrogens is 174 g/mol. The van der Waals surface area contributed by atoms with Gasteiger partial charge in [0.15, 0.2) is 0 Å². The first-order chi connectivity index (χ1) is 6.84. The Bertz CT molecular complexity index is 327. The van der Waals surface area contributed by atoms with Crippen molar-refractivity contribution < 1.29 is 0 Å². The van der Waals surface area contributed by atoms with Crippen LogP contribution >= 0.6 is 0 Å². The Hall–Kier alpha value is -0.830. The Morgan fingerprint density at radius 1 is 1.29 bits per heavy atom. The Morgan fingerprint density at radius 2 is 2.14 bits per heavy atom. The van der Waals surface area contributed by atoms with E-state index in [9.17, 15) is 0 Å². The van der Waals surface area contributed by atoms with Crippen molar-refractivity contribution >= 4 is 0 Å². The highest BCUT2D eigenvalue weighted by atomic mass is 15.1. The number of aromatic nitrogens is 2. The highest BCUT2D eigenvalue weighted by Crippen LogP contribution is 2.42. The molecule has 0 radical (unpaired) electrons. The van der Waals surface area contributed by atoms with Crippen molar-refractivity contribution in [2.45, 2.75) is 50.1 Å². The molecule has 0 spiro atoms. The van der Waals surface area contributed by atoms with E-state index in [1.807, 2.05) is 12.5 Å². The molecule has 0 saturated heterocycles. The fraction of sp³-hybridized carbons (Fsp3) is 0.727.